The average molecular weight is 229 g/mol. The lowest BCUT2D eigenvalue weighted by atomic mass is 9.93. The second kappa shape index (κ2) is 7.66. The van der Waals surface area contributed by atoms with Crippen LogP contribution in [0.1, 0.15) is 59.8 Å². The second-order valence-corrected chi connectivity index (χ2v) is 5.20. The largest absolute Gasteiger partial charge is 0.481 e. The van der Waals surface area contributed by atoms with Gasteiger partial charge < -0.3 is 10.4 Å². The second-order valence-electron chi connectivity index (χ2n) is 5.20. The maximum absolute atomic E-state index is 11.0. The zero-order chi connectivity index (χ0) is 12.6. The maximum Gasteiger partial charge on any atom is 0.310 e. The van der Waals surface area contributed by atoms with E-state index in [4.69, 9.17) is 5.11 Å². The Morgan fingerprint density at radius 3 is 2.31 bits per heavy atom. The molecular formula is C13H27NO2. The first-order chi connectivity index (χ1) is 7.44. The van der Waals surface area contributed by atoms with Crippen molar-refractivity contribution >= 4 is 5.97 Å². The highest BCUT2D eigenvalue weighted by atomic mass is 16.4. The maximum atomic E-state index is 11.0. The molecule has 2 N–H and O–H groups in total. The number of hydrogen-bond acceptors (Lipinski definition) is 2. The number of hydrogen-bond donors (Lipinski definition) is 2. The summed E-state index contributed by atoms with van der Waals surface area (Å²) in [5.74, 6) is -0.731. The average Bonchev–Trinajstić information content (AvgIpc) is 2.22. The fourth-order valence-electron chi connectivity index (χ4n) is 1.62. The summed E-state index contributed by atoms with van der Waals surface area (Å²) in [5, 5.41) is 12.4. The zero-order valence-corrected chi connectivity index (χ0v) is 11.2. The van der Waals surface area contributed by atoms with Gasteiger partial charge in [-0.2, -0.15) is 0 Å². The number of carbonyl (C=O) groups is 1. The van der Waals surface area contributed by atoms with E-state index in [1.807, 2.05) is 0 Å². The first-order valence-electron chi connectivity index (χ1n) is 6.40. The van der Waals surface area contributed by atoms with Crippen molar-refractivity contribution in [1.29, 1.82) is 0 Å². The molecule has 1 atom stereocenters. The third-order valence-electron chi connectivity index (χ3n) is 2.95. The molecule has 0 heterocycles. The Bertz CT molecular complexity index is 202. The predicted octanol–water partition coefficient (Wildman–Crippen LogP) is 3.05. The SMILES string of the molecule is CCCCC(CCC)NCC(C)(C)C(=O)O. The topological polar surface area (TPSA) is 49.3 Å². The van der Waals surface area contributed by atoms with Gasteiger partial charge in [0.25, 0.3) is 0 Å². The van der Waals surface area contributed by atoms with E-state index < -0.39 is 11.4 Å². The molecule has 0 spiro atoms. The monoisotopic (exact) mass is 229 g/mol. The van der Waals surface area contributed by atoms with Gasteiger partial charge in [-0.05, 0) is 26.7 Å². The molecular weight excluding hydrogens is 202 g/mol. The van der Waals surface area contributed by atoms with Gasteiger partial charge in [0.15, 0.2) is 0 Å². The van der Waals surface area contributed by atoms with Gasteiger partial charge in [-0.15, -0.1) is 0 Å². The number of aliphatic carboxylic acids is 1. The molecule has 0 amide bonds. The van der Waals surface area contributed by atoms with Crippen LogP contribution in [0, 0.1) is 5.41 Å². The molecule has 0 radical (unpaired) electrons. The lowest BCUT2D eigenvalue weighted by Gasteiger charge is -2.24. The molecule has 0 aliphatic rings. The lowest BCUT2D eigenvalue weighted by Crippen LogP contribution is -2.41. The fraction of sp³-hybridized carbons (Fsp3) is 0.923. The van der Waals surface area contributed by atoms with E-state index in [2.05, 4.69) is 19.2 Å². The van der Waals surface area contributed by atoms with Crippen molar-refractivity contribution in [2.45, 2.75) is 65.8 Å². The standard InChI is InChI=1S/C13H27NO2/c1-5-7-9-11(8-6-2)14-10-13(3,4)12(15)16/h11,14H,5-10H2,1-4H3,(H,15,16). The van der Waals surface area contributed by atoms with Gasteiger partial charge >= 0.3 is 5.97 Å². The molecule has 16 heavy (non-hydrogen) atoms. The summed E-state index contributed by atoms with van der Waals surface area (Å²) in [4.78, 5) is 11.0. The predicted molar refractivity (Wildman–Crippen MR) is 67.6 cm³/mol. The summed E-state index contributed by atoms with van der Waals surface area (Å²) >= 11 is 0. The molecule has 0 aromatic rings. The summed E-state index contributed by atoms with van der Waals surface area (Å²) in [6, 6.07) is 0.476. The summed E-state index contributed by atoms with van der Waals surface area (Å²) in [7, 11) is 0. The van der Waals surface area contributed by atoms with Crippen LogP contribution in [-0.2, 0) is 4.79 Å². The number of carboxylic acid groups (broad SMARTS) is 1. The number of nitrogens with one attached hydrogen (secondary N) is 1. The molecule has 0 bridgehead atoms. The van der Waals surface area contributed by atoms with E-state index >= 15 is 0 Å². The highest BCUT2D eigenvalue weighted by Gasteiger charge is 2.27. The van der Waals surface area contributed by atoms with Crippen LogP contribution in [0.15, 0.2) is 0 Å². The lowest BCUT2D eigenvalue weighted by molar-refractivity contribution is -0.146. The Labute approximate surface area is 99.6 Å². The first-order valence-corrected chi connectivity index (χ1v) is 6.40. The van der Waals surface area contributed by atoms with E-state index in [0.717, 1.165) is 19.3 Å². The third kappa shape index (κ3) is 6.11. The van der Waals surface area contributed by atoms with Gasteiger partial charge in [0, 0.05) is 12.6 Å². The third-order valence-corrected chi connectivity index (χ3v) is 2.95. The molecule has 0 saturated heterocycles. The molecule has 0 rings (SSSR count). The smallest absolute Gasteiger partial charge is 0.310 e. The van der Waals surface area contributed by atoms with Crippen LogP contribution in [0.3, 0.4) is 0 Å². The van der Waals surface area contributed by atoms with Crippen LogP contribution in [0.5, 0.6) is 0 Å². The Kier molecular flexibility index (Phi) is 7.39. The van der Waals surface area contributed by atoms with Gasteiger partial charge in [0.05, 0.1) is 5.41 Å². The van der Waals surface area contributed by atoms with Crippen LogP contribution >= 0.6 is 0 Å². The van der Waals surface area contributed by atoms with E-state index in [-0.39, 0.29) is 0 Å². The molecule has 96 valence electrons. The number of unbranched alkanes of at least 4 members (excludes halogenated alkanes) is 1. The minimum atomic E-state index is -0.731. The van der Waals surface area contributed by atoms with Crippen LogP contribution in [-0.4, -0.2) is 23.7 Å². The summed E-state index contributed by atoms with van der Waals surface area (Å²) in [6.07, 6.45) is 5.85. The summed E-state index contributed by atoms with van der Waals surface area (Å²) in [5.41, 5.74) is -0.668. The molecule has 3 nitrogen and oxygen atoms in total. The number of carboxylic acids is 1. The van der Waals surface area contributed by atoms with Crippen molar-refractivity contribution in [3.05, 3.63) is 0 Å². The quantitative estimate of drug-likeness (QED) is 0.639. The van der Waals surface area contributed by atoms with Crippen LogP contribution in [0.4, 0.5) is 0 Å². The van der Waals surface area contributed by atoms with E-state index in [0.29, 0.717) is 12.6 Å². The van der Waals surface area contributed by atoms with Gasteiger partial charge in [0.2, 0.25) is 0 Å². The van der Waals surface area contributed by atoms with Gasteiger partial charge in [-0.25, -0.2) is 0 Å². The van der Waals surface area contributed by atoms with Crippen molar-refractivity contribution < 1.29 is 9.90 Å². The van der Waals surface area contributed by atoms with Crippen molar-refractivity contribution in [3.63, 3.8) is 0 Å². The van der Waals surface area contributed by atoms with E-state index in [9.17, 15) is 4.79 Å². The zero-order valence-electron chi connectivity index (χ0n) is 11.2. The highest BCUT2D eigenvalue weighted by Crippen LogP contribution is 2.15. The Balaban J connectivity index is 4.04. The Hall–Kier alpha value is -0.570. The van der Waals surface area contributed by atoms with Crippen molar-refractivity contribution in [2.75, 3.05) is 6.54 Å². The number of rotatable bonds is 9. The molecule has 3 heteroatoms. The van der Waals surface area contributed by atoms with Crippen molar-refractivity contribution in [3.8, 4) is 0 Å². The minimum absolute atomic E-state index is 0.476. The van der Waals surface area contributed by atoms with E-state index in [1.54, 1.807) is 13.8 Å². The Morgan fingerprint density at radius 1 is 1.25 bits per heavy atom. The van der Waals surface area contributed by atoms with Crippen LogP contribution < -0.4 is 5.32 Å². The highest BCUT2D eigenvalue weighted by molar-refractivity contribution is 5.73. The molecule has 0 aliphatic heterocycles. The van der Waals surface area contributed by atoms with Crippen molar-refractivity contribution in [1.82, 2.24) is 5.32 Å². The van der Waals surface area contributed by atoms with Crippen LogP contribution in [0.25, 0.3) is 0 Å². The molecule has 0 aliphatic carbocycles. The Morgan fingerprint density at radius 2 is 1.88 bits per heavy atom. The van der Waals surface area contributed by atoms with Gasteiger partial charge in [-0.3, -0.25) is 4.79 Å². The molecule has 0 saturated carbocycles. The molecule has 1 unspecified atom stereocenters. The van der Waals surface area contributed by atoms with Gasteiger partial charge in [0.1, 0.15) is 0 Å². The summed E-state index contributed by atoms with van der Waals surface area (Å²) < 4.78 is 0. The van der Waals surface area contributed by atoms with Gasteiger partial charge in [-0.1, -0.05) is 33.1 Å². The molecule has 0 aromatic carbocycles. The first kappa shape index (κ1) is 15.4. The fourth-order valence-corrected chi connectivity index (χ4v) is 1.62. The van der Waals surface area contributed by atoms with Crippen LogP contribution in [0.2, 0.25) is 0 Å². The van der Waals surface area contributed by atoms with Crippen molar-refractivity contribution in [2.24, 2.45) is 5.41 Å². The minimum Gasteiger partial charge on any atom is -0.481 e. The normalized spacial score (nSPS) is 13.8. The summed E-state index contributed by atoms with van der Waals surface area (Å²) in [6.45, 7) is 8.44. The molecule has 0 aromatic heterocycles. The molecule has 0 fully saturated rings. The van der Waals surface area contributed by atoms with E-state index in [1.165, 1.54) is 12.8 Å².